The Morgan fingerprint density at radius 2 is 1.61 bits per heavy atom. The summed E-state index contributed by atoms with van der Waals surface area (Å²) in [5, 5.41) is 2.55. The lowest BCUT2D eigenvalue weighted by atomic mass is 9.65. The van der Waals surface area contributed by atoms with E-state index in [1.165, 1.54) is 15.9 Å². The van der Waals surface area contributed by atoms with Gasteiger partial charge in [0.15, 0.2) is 0 Å². The van der Waals surface area contributed by atoms with Gasteiger partial charge in [-0.05, 0) is 51.6 Å². The molecule has 0 unspecified atom stereocenters. The van der Waals surface area contributed by atoms with Crippen LogP contribution in [0, 0.1) is 17.3 Å². The van der Waals surface area contributed by atoms with Gasteiger partial charge in [0.05, 0.1) is 19.1 Å². The average molecular weight is 463 g/mol. The van der Waals surface area contributed by atoms with Crippen molar-refractivity contribution in [2.45, 2.75) is 58.9 Å². The largest absolute Gasteiger partial charge is 0.465 e. The summed E-state index contributed by atoms with van der Waals surface area (Å²) in [6.07, 6.45) is 5.12. The summed E-state index contributed by atoms with van der Waals surface area (Å²) in [6, 6.07) is 21.6. The fourth-order valence-electron chi connectivity index (χ4n) is 5.92. The zero-order valence-corrected chi connectivity index (χ0v) is 21.8. The number of cyclic esters (lactones) is 1. The van der Waals surface area contributed by atoms with Gasteiger partial charge in [-0.15, -0.1) is 0 Å². The number of carbonyl (C=O) groups is 1. The zero-order valence-electron chi connectivity index (χ0n) is 20.8. The predicted octanol–water partition coefficient (Wildman–Crippen LogP) is 5.49. The second kappa shape index (κ2) is 9.23. The molecule has 0 aromatic heterocycles. The molecule has 1 saturated heterocycles. The first-order chi connectivity index (χ1) is 15.7. The molecule has 0 bridgehead atoms. The van der Waals surface area contributed by atoms with Crippen molar-refractivity contribution >= 4 is 24.7 Å². The highest BCUT2D eigenvalue weighted by atomic mass is 28.4. The van der Waals surface area contributed by atoms with Crippen molar-refractivity contribution in [3.05, 3.63) is 72.3 Å². The number of rotatable bonds is 5. The van der Waals surface area contributed by atoms with E-state index < -0.39 is 8.32 Å². The van der Waals surface area contributed by atoms with Crippen LogP contribution < -0.4 is 10.4 Å². The molecule has 2 aromatic carbocycles. The van der Waals surface area contributed by atoms with Crippen LogP contribution in [0.2, 0.25) is 5.04 Å². The fourth-order valence-corrected chi connectivity index (χ4v) is 10.5. The topological polar surface area (TPSA) is 35.5 Å². The van der Waals surface area contributed by atoms with Gasteiger partial charge in [-0.1, -0.05) is 101 Å². The minimum absolute atomic E-state index is 0.0231. The fraction of sp³-hybridized carbons (Fsp3) is 0.483. The molecule has 3 atom stereocenters. The van der Waals surface area contributed by atoms with E-state index in [9.17, 15) is 4.79 Å². The first-order valence-electron chi connectivity index (χ1n) is 12.3. The average Bonchev–Trinajstić information content (AvgIpc) is 2.93. The molecule has 0 saturated carbocycles. The maximum Gasteiger partial charge on any atom is 0.309 e. The molecule has 1 aliphatic carbocycles. The van der Waals surface area contributed by atoms with Crippen LogP contribution in [0.25, 0.3) is 0 Å². The Kier molecular flexibility index (Phi) is 6.70. The third-order valence-electron chi connectivity index (χ3n) is 7.79. The molecular weight excluding hydrogens is 424 g/mol. The molecular formula is C29H38O3Si. The van der Waals surface area contributed by atoms with E-state index in [0.29, 0.717) is 19.1 Å². The summed E-state index contributed by atoms with van der Waals surface area (Å²) in [5.41, 5.74) is 1.18. The minimum atomic E-state index is -2.59. The Hall–Kier alpha value is -2.17. The molecule has 1 heterocycles. The van der Waals surface area contributed by atoms with Crippen molar-refractivity contribution in [1.29, 1.82) is 0 Å². The highest BCUT2D eigenvalue weighted by molar-refractivity contribution is 6.99. The van der Waals surface area contributed by atoms with Gasteiger partial charge in [0.2, 0.25) is 0 Å². The van der Waals surface area contributed by atoms with Gasteiger partial charge in [0, 0.05) is 0 Å². The lowest BCUT2D eigenvalue weighted by molar-refractivity contribution is -0.150. The number of hydrogen-bond donors (Lipinski definition) is 0. The Bertz CT molecular complexity index is 953. The number of benzene rings is 2. The first kappa shape index (κ1) is 24.0. The lowest BCUT2D eigenvalue weighted by Gasteiger charge is -2.45. The summed E-state index contributed by atoms with van der Waals surface area (Å²) in [6.45, 7) is 12.6. The molecule has 176 valence electrons. The van der Waals surface area contributed by atoms with Crippen molar-refractivity contribution in [1.82, 2.24) is 0 Å². The molecule has 1 fully saturated rings. The van der Waals surface area contributed by atoms with E-state index in [0.717, 1.165) is 19.3 Å². The van der Waals surface area contributed by atoms with Gasteiger partial charge in [-0.2, -0.15) is 0 Å². The second-order valence-electron chi connectivity index (χ2n) is 11.1. The Morgan fingerprint density at radius 1 is 1.03 bits per heavy atom. The predicted molar refractivity (Wildman–Crippen MR) is 137 cm³/mol. The molecule has 3 nitrogen and oxygen atoms in total. The number of allylic oxidation sites excluding steroid dienone is 1. The van der Waals surface area contributed by atoms with Gasteiger partial charge in [-0.25, -0.2) is 0 Å². The molecule has 2 aliphatic rings. The Balaban J connectivity index is 1.74. The van der Waals surface area contributed by atoms with E-state index >= 15 is 0 Å². The number of carbonyl (C=O) groups excluding carboxylic acids is 1. The molecule has 0 radical (unpaired) electrons. The summed E-state index contributed by atoms with van der Waals surface area (Å²) in [7, 11) is -2.59. The Labute approximate surface area is 200 Å². The van der Waals surface area contributed by atoms with Crippen LogP contribution in [0.5, 0.6) is 0 Å². The van der Waals surface area contributed by atoms with Gasteiger partial charge < -0.3 is 9.16 Å². The quantitative estimate of drug-likeness (QED) is 0.335. The number of fused-ring (bicyclic) bond motifs is 1. The molecule has 33 heavy (non-hydrogen) atoms. The molecule has 0 spiro atoms. The maximum absolute atomic E-state index is 12.6. The van der Waals surface area contributed by atoms with Crippen LogP contribution in [0.1, 0.15) is 53.9 Å². The summed E-state index contributed by atoms with van der Waals surface area (Å²) in [4.78, 5) is 12.6. The normalized spacial score (nSPS) is 26.1. The van der Waals surface area contributed by atoms with Crippen molar-refractivity contribution in [2.24, 2.45) is 17.3 Å². The number of ether oxygens (including phenoxy) is 1. The van der Waals surface area contributed by atoms with E-state index in [1.807, 2.05) is 0 Å². The van der Waals surface area contributed by atoms with Crippen LogP contribution in [-0.2, 0) is 14.0 Å². The van der Waals surface area contributed by atoms with Crippen molar-refractivity contribution in [2.75, 3.05) is 13.2 Å². The minimum Gasteiger partial charge on any atom is -0.465 e. The van der Waals surface area contributed by atoms with Gasteiger partial charge >= 0.3 is 5.97 Å². The van der Waals surface area contributed by atoms with E-state index in [-0.39, 0.29) is 22.3 Å². The Morgan fingerprint density at radius 3 is 2.15 bits per heavy atom. The third kappa shape index (κ3) is 4.48. The van der Waals surface area contributed by atoms with Crippen LogP contribution in [0.15, 0.2) is 72.3 Å². The van der Waals surface area contributed by atoms with Gasteiger partial charge in [0.1, 0.15) is 0 Å². The van der Waals surface area contributed by atoms with E-state index in [4.69, 9.17) is 9.16 Å². The van der Waals surface area contributed by atoms with E-state index in [2.05, 4.69) is 101 Å². The third-order valence-corrected chi connectivity index (χ3v) is 12.8. The van der Waals surface area contributed by atoms with Crippen LogP contribution >= 0.6 is 0 Å². The second-order valence-corrected chi connectivity index (χ2v) is 15.4. The lowest BCUT2D eigenvalue weighted by Crippen LogP contribution is -2.66. The van der Waals surface area contributed by atoms with Gasteiger partial charge in [0.25, 0.3) is 8.32 Å². The first-order valence-corrected chi connectivity index (χ1v) is 14.2. The molecule has 1 aliphatic heterocycles. The zero-order chi connectivity index (χ0) is 23.7. The van der Waals surface area contributed by atoms with Crippen LogP contribution in [0.3, 0.4) is 0 Å². The highest BCUT2D eigenvalue weighted by Crippen LogP contribution is 2.47. The molecule has 4 heteroatoms. The monoisotopic (exact) mass is 462 g/mol. The van der Waals surface area contributed by atoms with Crippen molar-refractivity contribution in [3.8, 4) is 0 Å². The van der Waals surface area contributed by atoms with Crippen LogP contribution in [0.4, 0.5) is 0 Å². The smallest absolute Gasteiger partial charge is 0.309 e. The van der Waals surface area contributed by atoms with Crippen LogP contribution in [-0.4, -0.2) is 27.5 Å². The standard InChI is InChI=1S/C29H38O3Si/c1-22-19-26-27(30)31-18-12-17-29(26,5)20-23(22)21-32-33(28(2,3)4,24-13-8-6-9-14-24)25-15-10-7-11-16-25/h6-11,13-16,20,22,26H,12,17-19,21H2,1-5H3/t22-,26+,29-/m1/s1. The highest BCUT2D eigenvalue weighted by Gasteiger charge is 2.51. The summed E-state index contributed by atoms with van der Waals surface area (Å²) < 4.78 is 12.7. The van der Waals surface area contributed by atoms with Gasteiger partial charge in [-0.3, -0.25) is 4.79 Å². The van der Waals surface area contributed by atoms with Crippen molar-refractivity contribution < 1.29 is 14.0 Å². The summed E-state index contributed by atoms with van der Waals surface area (Å²) in [5.74, 6) is 0.226. The molecule has 0 amide bonds. The van der Waals surface area contributed by atoms with E-state index in [1.54, 1.807) is 0 Å². The SMILES string of the molecule is C[C@@H]1C[C@H]2C(=O)OCCC[C@]2(C)C=C1CO[Si](c1ccccc1)(c1ccccc1)C(C)(C)C. The molecule has 4 rings (SSSR count). The number of hydrogen-bond acceptors (Lipinski definition) is 3. The summed E-state index contributed by atoms with van der Waals surface area (Å²) >= 11 is 0. The number of esters is 1. The maximum atomic E-state index is 12.6. The molecule has 2 aromatic rings. The molecule has 0 N–H and O–H groups in total. The van der Waals surface area contributed by atoms with Crippen molar-refractivity contribution in [3.63, 3.8) is 0 Å².